The third-order valence-corrected chi connectivity index (χ3v) is 3.19. The van der Waals surface area contributed by atoms with Gasteiger partial charge in [0, 0.05) is 6.42 Å². The van der Waals surface area contributed by atoms with Crippen LogP contribution in [-0.4, -0.2) is 28.1 Å². The minimum atomic E-state index is -1.21. The molecule has 0 aromatic carbocycles. The largest absolute Gasteiger partial charge is 0.480 e. The van der Waals surface area contributed by atoms with Gasteiger partial charge in [0.1, 0.15) is 11.2 Å². The van der Waals surface area contributed by atoms with Crippen molar-refractivity contribution in [3.8, 4) is 0 Å². The summed E-state index contributed by atoms with van der Waals surface area (Å²) >= 11 is 0. The number of aliphatic hydroxyl groups is 1. The van der Waals surface area contributed by atoms with Crippen LogP contribution >= 0.6 is 0 Å². The molecule has 0 heterocycles. The van der Waals surface area contributed by atoms with Gasteiger partial charge in [-0.3, -0.25) is 9.59 Å². The summed E-state index contributed by atoms with van der Waals surface area (Å²) in [6.45, 7) is 1.61. The van der Waals surface area contributed by atoms with E-state index in [9.17, 15) is 9.59 Å². The van der Waals surface area contributed by atoms with Crippen LogP contribution in [0.1, 0.15) is 45.4 Å². The van der Waals surface area contributed by atoms with E-state index in [4.69, 9.17) is 10.2 Å². The molecular formula is C11H18O4. The van der Waals surface area contributed by atoms with Crippen LogP contribution in [0.3, 0.4) is 0 Å². The smallest absolute Gasteiger partial charge is 0.317 e. The molecule has 1 aliphatic rings. The number of aliphatic hydroxyl groups excluding tert-OH is 1. The summed E-state index contributed by atoms with van der Waals surface area (Å²) in [6.07, 6.45) is 2.47. The van der Waals surface area contributed by atoms with Crippen molar-refractivity contribution in [2.45, 2.75) is 51.6 Å². The molecule has 2 atom stereocenters. The Labute approximate surface area is 89.3 Å². The molecule has 2 unspecified atom stereocenters. The van der Waals surface area contributed by atoms with Gasteiger partial charge in [-0.2, -0.15) is 0 Å². The zero-order valence-electron chi connectivity index (χ0n) is 9.03. The Morgan fingerprint density at radius 3 is 2.67 bits per heavy atom. The maximum Gasteiger partial charge on any atom is 0.317 e. The maximum atomic E-state index is 11.7. The predicted molar refractivity (Wildman–Crippen MR) is 54.5 cm³/mol. The number of carboxylic acid groups (broad SMARTS) is 1. The first-order valence-corrected chi connectivity index (χ1v) is 5.44. The van der Waals surface area contributed by atoms with Crippen LogP contribution in [0.15, 0.2) is 0 Å². The number of hydrogen-bond donors (Lipinski definition) is 2. The van der Waals surface area contributed by atoms with Crippen molar-refractivity contribution in [1.29, 1.82) is 0 Å². The summed E-state index contributed by atoms with van der Waals surface area (Å²) in [5, 5.41) is 18.3. The van der Waals surface area contributed by atoms with E-state index < -0.39 is 17.5 Å². The number of carbonyl (C=O) groups excluding carboxylic acids is 1. The summed E-state index contributed by atoms with van der Waals surface area (Å²) in [5.41, 5.74) is -1.21. The minimum Gasteiger partial charge on any atom is -0.480 e. The van der Waals surface area contributed by atoms with Crippen molar-refractivity contribution < 1.29 is 19.8 Å². The molecule has 0 aliphatic heterocycles. The summed E-state index contributed by atoms with van der Waals surface area (Å²) in [7, 11) is 0. The van der Waals surface area contributed by atoms with Gasteiger partial charge in [0.2, 0.25) is 0 Å². The molecule has 1 aliphatic carbocycles. The molecule has 0 bridgehead atoms. The molecule has 0 amide bonds. The molecular weight excluding hydrogens is 196 g/mol. The van der Waals surface area contributed by atoms with E-state index in [0.29, 0.717) is 19.3 Å². The zero-order valence-corrected chi connectivity index (χ0v) is 9.03. The van der Waals surface area contributed by atoms with Crippen LogP contribution < -0.4 is 0 Å². The van der Waals surface area contributed by atoms with Gasteiger partial charge in [0.25, 0.3) is 0 Å². The Morgan fingerprint density at radius 2 is 2.20 bits per heavy atom. The van der Waals surface area contributed by atoms with E-state index in [1.54, 1.807) is 6.92 Å². The Morgan fingerprint density at radius 1 is 1.53 bits per heavy atom. The van der Waals surface area contributed by atoms with Crippen LogP contribution in [0.4, 0.5) is 0 Å². The first-order valence-electron chi connectivity index (χ1n) is 5.44. The fourth-order valence-electron chi connectivity index (χ4n) is 2.14. The van der Waals surface area contributed by atoms with Crippen molar-refractivity contribution in [2.75, 3.05) is 0 Å². The molecule has 1 rings (SSSR count). The van der Waals surface area contributed by atoms with Crippen molar-refractivity contribution in [2.24, 2.45) is 5.41 Å². The molecule has 0 aromatic heterocycles. The molecule has 86 valence electrons. The number of carboxylic acids is 1. The fraction of sp³-hybridized carbons (Fsp3) is 0.818. The lowest BCUT2D eigenvalue weighted by atomic mass is 9.70. The van der Waals surface area contributed by atoms with Gasteiger partial charge in [0.15, 0.2) is 0 Å². The Bertz CT molecular complexity index is 259. The number of ketones is 1. The van der Waals surface area contributed by atoms with Crippen molar-refractivity contribution in [3.05, 3.63) is 0 Å². The first-order chi connectivity index (χ1) is 6.99. The van der Waals surface area contributed by atoms with E-state index in [2.05, 4.69) is 0 Å². The second kappa shape index (κ2) is 4.75. The van der Waals surface area contributed by atoms with E-state index >= 15 is 0 Å². The van der Waals surface area contributed by atoms with Crippen LogP contribution in [0.25, 0.3) is 0 Å². The molecule has 0 spiro atoms. The molecule has 2 N–H and O–H groups in total. The summed E-state index contributed by atoms with van der Waals surface area (Å²) in [4.78, 5) is 22.9. The van der Waals surface area contributed by atoms with Crippen LogP contribution in [0, 0.1) is 5.41 Å². The summed E-state index contributed by atoms with van der Waals surface area (Å²) < 4.78 is 0. The molecule has 15 heavy (non-hydrogen) atoms. The van der Waals surface area contributed by atoms with E-state index in [1.807, 2.05) is 0 Å². The monoisotopic (exact) mass is 214 g/mol. The number of carbonyl (C=O) groups is 2. The highest BCUT2D eigenvalue weighted by molar-refractivity contribution is 6.03. The molecule has 4 heteroatoms. The third-order valence-electron chi connectivity index (χ3n) is 3.19. The Kier molecular flexibility index (Phi) is 3.85. The Hall–Kier alpha value is -0.900. The van der Waals surface area contributed by atoms with Gasteiger partial charge in [-0.25, -0.2) is 0 Å². The van der Waals surface area contributed by atoms with E-state index in [1.165, 1.54) is 0 Å². The van der Waals surface area contributed by atoms with Crippen molar-refractivity contribution in [1.82, 2.24) is 0 Å². The van der Waals surface area contributed by atoms with Gasteiger partial charge >= 0.3 is 5.97 Å². The van der Waals surface area contributed by atoms with Gasteiger partial charge < -0.3 is 10.2 Å². The van der Waals surface area contributed by atoms with Crippen molar-refractivity contribution in [3.63, 3.8) is 0 Å². The van der Waals surface area contributed by atoms with Gasteiger partial charge in [0.05, 0.1) is 6.10 Å². The molecule has 0 radical (unpaired) electrons. The standard InChI is InChI=1S/C11H18O4/c1-8(12)5-7-11(10(14)15)6-3-2-4-9(11)13/h8,12H,2-7H2,1H3,(H,14,15). The molecule has 0 saturated heterocycles. The second-order valence-electron chi connectivity index (χ2n) is 4.41. The second-order valence-corrected chi connectivity index (χ2v) is 4.41. The predicted octanol–water partition coefficient (Wildman–Crippen LogP) is 1.36. The van der Waals surface area contributed by atoms with Crippen LogP contribution in [-0.2, 0) is 9.59 Å². The average molecular weight is 214 g/mol. The highest BCUT2D eigenvalue weighted by Gasteiger charge is 2.46. The lowest BCUT2D eigenvalue weighted by Crippen LogP contribution is -2.42. The number of rotatable bonds is 4. The number of hydrogen-bond acceptors (Lipinski definition) is 3. The fourth-order valence-corrected chi connectivity index (χ4v) is 2.14. The normalized spacial score (nSPS) is 28.8. The van der Waals surface area contributed by atoms with Crippen molar-refractivity contribution >= 4 is 11.8 Å². The van der Waals surface area contributed by atoms with Gasteiger partial charge in [-0.15, -0.1) is 0 Å². The SMILES string of the molecule is CC(O)CCC1(C(=O)O)CCCCC1=O. The molecule has 1 saturated carbocycles. The molecule has 0 aromatic rings. The third kappa shape index (κ3) is 2.56. The van der Waals surface area contributed by atoms with E-state index in [0.717, 1.165) is 12.8 Å². The lowest BCUT2D eigenvalue weighted by Gasteiger charge is -2.31. The molecule has 4 nitrogen and oxygen atoms in total. The number of Topliss-reactive ketones (excluding diaryl/α,β-unsaturated/α-hetero) is 1. The van der Waals surface area contributed by atoms with Crippen LogP contribution in [0.2, 0.25) is 0 Å². The Balaban J connectivity index is 2.77. The quantitative estimate of drug-likeness (QED) is 0.693. The van der Waals surface area contributed by atoms with Crippen LogP contribution in [0.5, 0.6) is 0 Å². The highest BCUT2D eigenvalue weighted by atomic mass is 16.4. The topological polar surface area (TPSA) is 74.6 Å². The number of aliphatic carboxylic acids is 1. The van der Waals surface area contributed by atoms with Gasteiger partial charge in [-0.05, 0) is 32.6 Å². The highest BCUT2D eigenvalue weighted by Crippen LogP contribution is 2.38. The zero-order chi connectivity index (χ0) is 11.5. The summed E-state index contributed by atoms with van der Waals surface area (Å²) in [6, 6.07) is 0. The van der Waals surface area contributed by atoms with Gasteiger partial charge in [-0.1, -0.05) is 6.42 Å². The first kappa shape index (κ1) is 12.2. The maximum absolute atomic E-state index is 11.7. The average Bonchev–Trinajstić information content (AvgIpc) is 2.16. The summed E-state index contributed by atoms with van der Waals surface area (Å²) in [5.74, 6) is -1.19. The molecule has 1 fully saturated rings. The van der Waals surface area contributed by atoms with E-state index in [-0.39, 0.29) is 12.2 Å². The lowest BCUT2D eigenvalue weighted by molar-refractivity contribution is -0.158. The minimum absolute atomic E-state index is 0.165.